The first-order chi connectivity index (χ1) is 18.1. The molecular weight excluding hydrogens is 484 g/mol. The van der Waals surface area contributed by atoms with Crippen LogP contribution < -0.4 is 10.6 Å². The molecule has 4 heterocycles. The van der Waals surface area contributed by atoms with E-state index < -0.39 is 5.41 Å². The number of nitrogens with one attached hydrogen (secondary N) is 2. The fourth-order valence-electron chi connectivity index (χ4n) is 6.07. The Morgan fingerprint density at radius 2 is 1.97 bits per heavy atom. The number of likely N-dealkylation sites (tertiary alicyclic amines) is 1. The lowest BCUT2D eigenvalue weighted by molar-refractivity contribution is 0.0455. The zero-order valence-electron chi connectivity index (χ0n) is 21.9. The van der Waals surface area contributed by atoms with Crippen LogP contribution in [-0.4, -0.2) is 59.8 Å². The van der Waals surface area contributed by atoms with Gasteiger partial charge in [0.1, 0.15) is 11.6 Å². The van der Waals surface area contributed by atoms with E-state index in [1.807, 2.05) is 24.3 Å². The Labute approximate surface area is 226 Å². The smallest absolute Gasteiger partial charge is 0.126 e. The molecule has 37 heavy (non-hydrogen) atoms. The van der Waals surface area contributed by atoms with Gasteiger partial charge in [-0.1, -0.05) is 31.0 Å². The van der Waals surface area contributed by atoms with E-state index in [1.165, 1.54) is 51.6 Å². The van der Waals surface area contributed by atoms with E-state index >= 15 is 0 Å². The lowest BCUT2D eigenvalue weighted by Gasteiger charge is -2.35. The van der Waals surface area contributed by atoms with E-state index in [0.29, 0.717) is 30.8 Å². The van der Waals surface area contributed by atoms with Gasteiger partial charge in [0.25, 0.3) is 0 Å². The number of nitrogens with zero attached hydrogens (tertiary/aromatic N) is 4. The molecule has 5 rings (SSSR count). The van der Waals surface area contributed by atoms with Crippen molar-refractivity contribution in [3.8, 4) is 17.3 Å². The van der Waals surface area contributed by atoms with Gasteiger partial charge < -0.3 is 20.3 Å². The van der Waals surface area contributed by atoms with E-state index in [2.05, 4.69) is 33.5 Å². The Morgan fingerprint density at radius 1 is 1.16 bits per heavy atom. The molecule has 1 aliphatic carbocycles. The molecule has 2 N–H and O–H groups in total. The van der Waals surface area contributed by atoms with Crippen molar-refractivity contribution >= 4 is 23.2 Å². The van der Waals surface area contributed by atoms with Crippen molar-refractivity contribution in [2.24, 2.45) is 11.3 Å². The summed E-state index contributed by atoms with van der Waals surface area (Å²) in [6.45, 7) is 6.69. The van der Waals surface area contributed by atoms with Crippen molar-refractivity contribution in [2.45, 2.75) is 70.4 Å². The molecule has 2 saturated heterocycles. The highest BCUT2D eigenvalue weighted by atomic mass is 35.5. The van der Waals surface area contributed by atoms with Crippen molar-refractivity contribution < 1.29 is 4.74 Å². The number of anilines is 2. The van der Waals surface area contributed by atoms with Gasteiger partial charge in [0.2, 0.25) is 0 Å². The van der Waals surface area contributed by atoms with E-state index in [0.717, 1.165) is 47.7 Å². The molecule has 0 spiro atoms. The average molecular weight is 523 g/mol. The van der Waals surface area contributed by atoms with Crippen molar-refractivity contribution in [1.29, 1.82) is 5.26 Å². The van der Waals surface area contributed by atoms with Crippen molar-refractivity contribution in [3.63, 3.8) is 0 Å². The van der Waals surface area contributed by atoms with Gasteiger partial charge in [-0.25, -0.2) is 9.97 Å². The molecule has 2 aromatic heterocycles. The monoisotopic (exact) mass is 522 g/mol. The average Bonchev–Trinajstić information content (AvgIpc) is 3.44. The minimum absolute atomic E-state index is 0.410. The Morgan fingerprint density at radius 3 is 2.70 bits per heavy atom. The molecule has 1 atom stereocenters. The van der Waals surface area contributed by atoms with E-state index in [4.69, 9.17) is 21.3 Å². The highest BCUT2D eigenvalue weighted by Gasteiger charge is 2.33. The van der Waals surface area contributed by atoms with E-state index in [-0.39, 0.29) is 0 Å². The first-order valence-electron chi connectivity index (χ1n) is 13.9. The van der Waals surface area contributed by atoms with Crippen LogP contribution in [-0.2, 0) is 4.74 Å². The van der Waals surface area contributed by atoms with Gasteiger partial charge in [0.15, 0.2) is 0 Å². The van der Waals surface area contributed by atoms with Crippen molar-refractivity contribution in [3.05, 3.63) is 35.5 Å². The van der Waals surface area contributed by atoms with Crippen LogP contribution in [0.2, 0.25) is 5.02 Å². The molecule has 1 saturated carbocycles. The first-order valence-corrected chi connectivity index (χ1v) is 14.3. The number of ether oxygens (including phenoxy) is 1. The van der Waals surface area contributed by atoms with Gasteiger partial charge in [-0.15, -0.1) is 0 Å². The predicted molar refractivity (Wildman–Crippen MR) is 149 cm³/mol. The molecule has 7 nitrogen and oxygen atoms in total. The molecule has 2 aliphatic heterocycles. The van der Waals surface area contributed by atoms with Gasteiger partial charge >= 0.3 is 0 Å². The van der Waals surface area contributed by atoms with Crippen LogP contribution in [0, 0.1) is 22.7 Å². The van der Waals surface area contributed by atoms with Crippen molar-refractivity contribution in [1.82, 2.24) is 14.9 Å². The Kier molecular flexibility index (Phi) is 8.49. The van der Waals surface area contributed by atoms with E-state index in [9.17, 15) is 5.26 Å². The topological polar surface area (TPSA) is 86.1 Å². The third kappa shape index (κ3) is 6.37. The maximum absolute atomic E-state index is 9.74. The lowest BCUT2D eigenvalue weighted by atomic mass is 9.82. The van der Waals surface area contributed by atoms with Crippen LogP contribution in [0.3, 0.4) is 0 Å². The molecular formula is C29H39ClN6O. The highest BCUT2D eigenvalue weighted by molar-refractivity contribution is 6.33. The summed E-state index contributed by atoms with van der Waals surface area (Å²) < 4.78 is 5.45. The maximum Gasteiger partial charge on any atom is 0.126 e. The van der Waals surface area contributed by atoms with Crippen LogP contribution >= 0.6 is 11.6 Å². The molecule has 0 aromatic carbocycles. The van der Waals surface area contributed by atoms with Gasteiger partial charge in [-0.3, -0.25) is 0 Å². The molecule has 3 fully saturated rings. The Balaban J connectivity index is 1.20. The molecule has 0 amide bonds. The summed E-state index contributed by atoms with van der Waals surface area (Å²) in [4.78, 5) is 12.1. The summed E-state index contributed by atoms with van der Waals surface area (Å²) in [7, 11) is 0. The number of rotatable bonds is 8. The SMILES string of the molecule is CCC1CCN(C2CCC(Nc3cc(-c4cccc(NCC5(C#N)CCOCC5)n4)c(Cl)cn3)CC2)C1. The summed E-state index contributed by atoms with van der Waals surface area (Å²) in [5.74, 6) is 2.48. The third-order valence-electron chi connectivity index (χ3n) is 8.64. The molecule has 1 unspecified atom stereocenters. The summed E-state index contributed by atoms with van der Waals surface area (Å²) in [6.07, 6.45) is 10.7. The highest BCUT2D eigenvalue weighted by Crippen LogP contribution is 2.33. The number of hydrogen-bond acceptors (Lipinski definition) is 7. The van der Waals surface area contributed by atoms with Crippen LogP contribution in [0.25, 0.3) is 11.3 Å². The number of hydrogen-bond donors (Lipinski definition) is 2. The van der Waals surface area contributed by atoms with Crippen molar-refractivity contribution in [2.75, 3.05) is 43.5 Å². The number of nitriles is 1. The number of pyridine rings is 2. The maximum atomic E-state index is 9.74. The molecule has 2 aromatic rings. The van der Waals surface area contributed by atoms with Gasteiger partial charge in [-0.05, 0) is 75.6 Å². The molecule has 8 heteroatoms. The minimum atomic E-state index is -0.410. The quantitative estimate of drug-likeness (QED) is 0.440. The molecule has 0 bridgehead atoms. The minimum Gasteiger partial charge on any atom is -0.381 e. The predicted octanol–water partition coefficient (Wildman–Crippen LogP) is 5.98. The Bertz CT molecular complexity index is 1090. The number of halogens is 1. The Hall–Kier alpha value is -2.40. The van der Waals surface area contributed by atoms with Crippen LogP contribution in [0.5, 0.6) is 0 Å². The van der Waals surface area contributed by atoms with Crippen LogP contribution in [0.4, 0.5) is 11.6 Å². The second-order valence-electron chi connectivity index (χ2n) is 11.0. The summed E-state index contributed by atoms with van der Waals surface area (Å²) in [5.41, 5.74) is 1.24. The van der Waals surface area contributed by atoms with Gasteiger partial charge in [0.05, 0.1) is 22.2 Å². The lowest BCUT2D eigenvalue weighted by Crippen LogP contribution is -2.39. The molecule has 198 valence electrons. The summed E-state index contributed by atoms with van der Waals surface area (Å²) in [5, 5.41) is 17.4. The second-order valence-corrected chi connectivity index (χ2v) is 11.4. The molecule has 0 radical (unpaired) electrons. The summed E-state index contributed by atoms with van der Waals surface area (Å²) >= 11 is 6.57. The van der Waals surface area contributed by atoms with Gasteiger partial charge in [0, 0.05) is 50.1 Å². The zero-order valence-corrected chi connectivity index (χ0v) is 22.6. The largest absolute Gasteiger partial charge is 0.381 e. The van der Waals surface area contributed by atoms with Gasteiger partial charge in [-0.2, -0.15) is 5.26 Å². The standard InChI is InChI=1S/C29H39ClN6O/c1-2-21-10-13-36(18-21)23-8-6-22(7-9-23)34-28-16-24(25(30)17-32-28)26-4-3-5-27(35-26)33-20-29(19-31)11-14-37-15-12-29/h3-5,16-17,21-23H,2,6-15,18,20H2,1H3,(H,32,34)(H,33,35). The molecule has 3 aliphatic rings. The fourth-order valence-corrected chi connectivity index (χ4v) is 6.27. The van der Waals surface area contributed by atoms with E-state index in [1.54, 1.807) is 6.20 Å². The first kappa shape index (κ1) is 26.2. The fraction of sp³-hybridized carbons (Fsp3) is 0.621. The second kappa shape index (κ2) is 12.0. The number of aromatic nitrogens is 2. The summed E-state index contributed by atoms with van der Waals surface area (Å²) in [6, 6.07) is 11.6. The van der Waals surface area contributed by atoms with Crippen LogP contribution in [0.1, 0.15) is 58.3 Å². The normalized spacial score (nSPS) is 25.9. The van der Waals surface area contributed by atoms with Crippen LogP contribution in [0.15, 0.2) is 30.5 Å². The zero-order chi connectivity index (χ0) is 25.7. The third-order valence-corrected chi connectivity index (χ3v) is 8.94.